The van der Waals surface area contributed by atoms with Gasteiger partial charge in [0.25, 0.3) is 0 Å². The SMILES string of the molecule is CCN(CCC#N)S(=O)(=O)c1ccc([N+](=O)[O-])nc1. The molecule has 0 saturated heterocycles. The topological polar surface area (TPSA) is 117 Å². The van der Waals surface area contributed by atoms with E-state index in [0.29, 0.717) is 0 Å². The van der Waals surface area contributed by atoms with Gasteiger partial charge >= 0.3 is 5.82 Å². The first-order valence-electron chi connectivity index (χ1n) is 5.41. The number of nitro groups is 1. The number of nitriles is 1. The van der Waals surface area contributed by atoms with E-state index in [-0.39, 0.29) is 24.4 Å². The van der Waals surface area contributed by atoms with Crippen LogP contribution in [0.15, 0.2) is 23.2 Å². The lowest BCUT2D eigenvalue weighted by atomic mass is 10.5. The zero-order valence-corrected chi connectivity index (χ0v) is 11.0. The number of pyridine rings is 1. The summed E-state index contributed by atoms with van der Waals surface area (Å²) in [6.07, 6.45) is 1.02. The summed E-state index contributed by atoms with van der Waals surface area (Å²) in [4.78, 5) is 13.1. The van der Waals surface area contributed by atoms with Gasteiger partial charge in [-0.05, 0) is 16.0 Å². The summed E-state index contributed by atoms with van der Waals surface area (Å²) in [6.45, 7) is 1.93. The molecule has 0 aromatic carbocycles. The van der Waals surface area contributed by atoms with Gasteiger partial charge in [-0.1, -0.05) is 6.92 Å². The summed E-state index contributed by atoms with van der Waals surface area (Å²) in [5.74, 6) is -0.418. The standard InChI is InChI=1S/C10H12N4O4S/c1-2-13(7-3-6-11)19(17,18)9-4-5-10(12-8-9)14(15)16/h4-5,8H,2-3,7H2,1H3. The highest BCUT2D eigenvalue weighted by molar-refractivity contribution is 7.89. The Labute approximate surface area is 110 Å². The summed E-state index contributed by atoms with van der Waals surface area (Å²) < 4.78 is 25.4. The molecule has 19 heavy (non-hydrogen) atoms. The van der Waals surface area contributed by atoms with Crippen molar-refractivity contribution < 1.29 is 13.3 Å². The van der Waals surface area contributed by atoms with Crippen LogP contribution >= 0.6 is 0 Å². The van der Waals surface area contributed by atoms with E-state index < -0.39 is 20.8 Å². The van der Waals surface area contributed by atoms with Crippen molar-refractivity contribution >= 4 is 15.8 Å². The summed E-state index contributed by atoms with van der Waals surface area (Å²) in [5.41, 5.74) is 0. The predicted octanol–water partition coefficient (Wildman–Crippen LogP) is 0.914. The van der Waals surface area contributed by atoms with Crippen LogP contribution in [0.4, 0.5) is 5.82 Å². The number of hydrogen-bond donors (Lipinski definition) is 0. The molecule has 0 aliphatic heterocycles. The van der Waals surface area contributed by atoms with E-state index in [1.165, 1.54) is 0 Å². The zero-order valence-electron chi connectivity index (χ0n) is 10.2. The molecule has 1 aromatic rings. The lowest BCUT2D eigenvalue weighted by Gasteiger charge is -2.18. The summed E-state index contributed by atoms with van der Waals surface area (Å²) in [5, 5.41) is 18.9. The highest BCUT2D eigenvalue weighted by Crippen LogP contribution is 2.17. The average Bonchev–Trinajstić information content (AvgIpc) is 2.39. The fourth-order valence-electron chi connectivity index (χ4n) is 1.41. The molecule has 1 aromatic heterocycles. The van der Waals surface area contributed by atoms with Crippen LogP contribution in [-0.2, 0) is 10.0 Å². The molecule has 0 saturated carbocycles. The van der Waals surface area contributed by atoms with E-state index in [2.05, 4.69) is 4.98 Å². The van der Waals surface area contributed by atoms with E-state index in [9.17, 15) is 18.5 Å². The van der Waals surface area contributed by atoms with Crippen LogP contribution in [0.1, 0.15) is 13.3 Å². The lowest BCUT2D eigenvalue weighted by Crippen LogP contribution is -2.31. The van der Waals surface area contributed by atoms with E-state index in [1.54, 1.807) is 6.92 Å². The predicted molar refractivity (Wildman–Crippen MR) is 65.6 cm³/mol. The van der Waals surface area contributed by atoms with Crippen molar-refractivity contribution in [1.82, 2.24) is 9.29 Å². The molecule has 0 radical (unpaired) electrons. The van der Waals surface area contributed by atoms with Gasteiger partial charge in [-0.3, -0.25) is 0 Å². The van der Waals surface area contributed by atoms with Gasteiger partial charge in [-0.2, -0.15) is 9.57 Å². The molecule has 0 amide bonds. The molecule has 9 heteroatoms. The summed E-state index contributed by atoms with van der Waals surface area (Å²) >= 11 is 0. The van der Waals surface area contributed by atoms with Crippen molar-refractivity contribution in [2.75, 3.05) is 13.1 Å². The van der Waals surface area contributed by atoms with E-state index >= 15 is 0 Å². The quantitative estimate of drug-likeness (QED) is 0.566. The number of sulfonamides is 1. The Balaban J connectivity index is 3.05. The number of nitrogens with zero attached hydrogens (tertiary/aromatic N) is 4. The maximum atomic E-state index is 12.2. The smallest absolute Gasteiger partial charge is 0.358 e. The fraction of sp³-hybridized carbons (Fsp3) is 0.400. The van der Waals surface area contributed by atoms with Crippen molar-refractivity contribution in [3.63, 3.8) is 0 Å². The van der Waals surface area contributed by atoms with Gasteiger partial charge in [-0.25, -0.2) is 8.42 Å². The molecule has 0 bridgehead atoms. The highest BCUT2D eigenvalue weighted by Gasteiger charge is 2.24. The minimum atomic E-state index is -3.77. The first-order valence-corrected chi connectivity index (χ1v) is 6.85. The molecular weight excluding hydrogens is 272 g/mol. The van der Waals surface area contributed by atoms with Crippen molar-refractivity contribution in [3.05, 3.63) is 28.4 Å². The fourth-order valence-corrected chi connectivity index (χ4v) is 2.80. The average molecular weight is 284 g/mol. The molecular formula is C10H12N4O4S. The van der Waals surface area contributed by atoms with Crippen molar-refractivity contribution in [3.8, 4) is 6.07 Å². The van der Waals surface area contributed by atoms with E-state index in [0.717, 1.165) is 22.6 Å². The van der Waals surface area contributed by atoms with Gasteiger partial charge in [0.2, 0.25) is 10.0 Å². The molecule has 0 unspecified atom stereocenters. The monoisotopic (exact) mass is 284 g/mol. The number of aromatic nitrogens is 1. The second kappa shape index (κ2) is 6.21. The van der Waals surface area contributed by atoms with E-state index in [4.69, 9.17) is 5.26 Å². The molecule has 0 fully saturated rings. The summed E-state index contributed by atoms with van der Waals surface area (Å²) in [7, 11) is -3.77. The number of rotatable bonds is 6. The molecule has 1 rings (SSSR count). The third kappa shape index (κ3) is 3.46. The van der Waals surface area contributed by atoms with Gasteiger partial charge in [-0.15, -0.1) is 0 Å². The second-order valence-electron chi connectivity index (χ2n) is 3.51. The van der Waals surface area contributed by atoms with Crippen LogP contribution in [0.5, 0.6) is 0 Å². The molecule has 1 heterocycles. The maximum Gasteiger partial charge on any atom is 0.363 e. The Morgan fingerprint density at radius 1 is 1.53 bits per heavy atom. The first-order chi connectivity index (χ1) is 8.93. The van der Waals surface area contributed by atoms with Gasteiger partial charge in [0.15, 0.2) is 6.20 Å². The minimum Gasteiger partial charge on any atom is -0.358 e. The molecule has 0 N–H and O–H groups in total. The van der Waals surface area contributed by atoms with Gasteiger partial charge in [0.1, 0.15) is 4.90 Å². The van der Waals surface area contributed by atoms with Gasteiger partial charge < -0.3 is 10.1 Å². The van der Waals surface area contributed by atoms with E-state index in [1.807, 2.05) is 6.07 Å². The van der Waals surface area contributed by atoms with Crippen LogP contribution in [0.25, 0.3) is 0 Å². The largest absolute Gasteiger partial charge is 0.363 e. The maximum absolute atomic E-state index is 12.2. The van der Waals surface area contributed by atoms with Crippen LogP contribution in [0.3, 0.4) is 0 Å². The Bertz CT molecular complexity index is 591. The molecule has 102 valence electrons. The third-order valence-electron chi connectivity index (χ3n) is 2.37. The zero-order chi connectivity index (χ0) is 14.5. The Morgan fingerprint density at radius 2 is 2.21 bits per heavy atom. The minimum absolute atomic E-state index is 0.0757. The molecule has 0 aliphatic carbocycles. The summed E-state index contributed by atoms with van der Waals surface area (Å²) in [6, 6.07) is 4.04. The van der Waals surface area contributed by atoms with Crippen LogP contribution in [0, 0.1) is 21.4 Å². The molecule has 0 atom stereocenters. The normalized spacial score (nSPS) is 11.2. The lowest BCUT2D eigenvalue weighted by molar-refractivity contribution is -0.389. The first kappa shape index (κ1) is 15.0. The van der Waals surface area contributed by atoms with Gasteiger partial charge in [0.05, 0.1) is 6.07 Å². The second-order valence-corrected chi connectivity index (χ2v) is 5.45. The Hall–Kier alpha value is -2.05. The molecule has 8 nitrogen and oxygen atoms in total. The molecule has 0 spiro atoms. The Kier molecular flexibility index (Phi) is 4.91. The van der Waals surface area contributed by atoms with Crippen LogP contribution in [-0.4, -0.2) is 35.7 Å². The highest BCUT2D eigenvalue weighted by atomic mass is 32.2. The van der Waals surface area contributed by atoms with Crippen LogP contribution < -0.4 is 0 Å². The van der Waals surface area contributed by atoms with Crippen molar-refractivity contribution in [2.45, 2.75) is 18.2 Å². The molecule has 0 aliphatic rings. The third-order valence-corrected chi connectivity index (χ3v) is 4.33. The number of hydrogen-bond acceptors (Lipinski definition) is 6. The van der Waals surface area contributed by atoms with Crippen molar-refractivity contribution in [1.29, 1.82) is 5.26 Å². The Morgan fingerprint density at radius 3 is 2.63 bits per heavy atom. The van der Waals surface area contributed by atoms with Crippen LogP contribution in [0.2, 0.25) is 0 Å². The van der Waals surface area contributed by atoms with Gasteiger partial charge in [0, 0.05) is 25.6 Å². The van der Waals surface area contributed by atoms with Crippen molar-refractivity contribution in [2.24, 2.45) is 0 Å².